The van der Waals surface area contributed by atoms with Crippen molar-refractivity contribution in [2.75, 3.05) is 12.3 Å². The number of aromatic nitrogens is 2. The molecule has 0 spiro atoms. The fraction of sp³-hybridized carbons (Fsp3) is 0.333. The molecule has 0 saturated carbocycles. The maximum atomic E-state index is 12.0. The molecule has 0 aliphatic carbocycles. The molecule has 0 aliphatic heterocycles. The molecule has 112 valence electrons. The second-order valence-corrected chi connectivity index (χ2v) is 5.43. The second kappa shape index (κ2) is 6.63. The Morgan fingerprint density at radius 3 is 2.81 bits per heavy atom. The van der Waals surface area contributed by atoms with Gasteiger partial charge in [0.05, 0.1) is 11.3 Å². The summed E-state index contributed by atoms with van der Waals surface area (Å²) in [6.45, 7) is 5.31. The number of hydrogen-bond donors (Lipinski definition) is 2. The Bertz CT molecular complexity index is 651. The second-order valence-electron chi connectivity index (χ2n) is 4.99. The van der Waals surface area contributed by atoms with Gasteiger partial charge in [0, 0.05) is 29.5 Å². The Balaban J connectivity index is 1.84. The molecule has 0 aliphatic rings. The summed E-state index contributed by atoms with van der Waals surface area (Å²) in [6.07, 6.45) is 0.800. The lowest BCUT2D eigenvalue weighted by Crippen LogP contribution is -2.26. The van der Waals surface area contributed by atoms with E-state index in [0.29, 0.717) is 22.8 Å². The van der Waals surface area contributed by atoms with Crippen LogP contribution >= 0.6 is 11.6 Å². The molecule has 1 aromatic heterocycles. The first-order valence-electron chi connectivity index (χ1n) is 6.81. The minimum Gasteiger partial charge on any atom is -0.398 e. The molecule has 0 saturated heterocycles. The predicted molar refractivity (Wildman–Crippen MR) is 84.5 cm³/mol. The van der Waals surface area contributed by atoms with Gasteiger partial charge in [-0.05, 0) is 44.5 Å². The molecule has 3 N–H and O–H groups in total. The molecule has 1 amide bonds. The zero-order chi connectivity index (χ0) is 15.4. The predicted octanol–water partition coefficient (Wildman–Crippen LogP) is 2.56. The van der Waals surface area contributed by atoms with E-state index in [1.165, 1.54) is 0 Å². The van der Waals surface area contributed by atoms with E-state index in [0.717, 1.165) is 24.4 Å². The van der Waals surface area contributed by atoms with Crippen molar-refractivity contribution in [3.05, 3.63) is 46.2 Å². The van der Waals surface area contributed by atoms with Crippen molar-refractivity contribution in [2.24, 2.45) is 0 Å². The summed E-state index contributed by atoms with van der Waals surface area (Å²) in [7, 11) is 0. The van der Waals surface area contributed by atoms with Gasteiger partial charge in [-0.15, -0.1) is 0 Å². The molecule has 6 heteroatoms. The lowest BCUT2D eigenvalue weighted by Gasteiger charge is -2.08. The molecule has 0 atom stereocenters. The number of aryl methyl sites for hydroxylation is 3. The summed E-state index contributed by atoms with van der Waals surface area (Å²) in [5.41, 5.74) is 8.74. The Morgan fingerprint density at radius 1 is 1.38 bits per heavy atom. The zero-order valence-corrected chi connectivity index (χ0v) is 12.9. The SMILES string of the molecule is Cc1cc(C)n(CCCNC(=O)c2cc(Cl)ccc2N)n1. The summed E-state index contributed by atoms with van der Waals surface area (Å²) >= 11 is 5.87. The Hall–Kier alpha value is -2.01. The van der Waals surface area contributed by atoms with Gasteiger partial charge in [0.15, 0.2) is 0 Å². The first kappa shape index (κ1) is 15.4. The van der Waals surface area contributed by atoms with E-state index < -0.39 is 0 Å². The molecule has 21 heavy (non-hydrogen) atoms. The molecule has 0 fully saturated rings. The molecule has 1 heterocycles. The monoisotopic (exact) mass is 306 g/mol. The van der Waals surface area contributed by atoms with E-state index >= 15 is 0 Å². The molecule has 0 unspecified atom stereocenters. The Kier molecular flexibility index (Phi) is 4.85. The van der Waals surface area contributed by atoms with E-state index in [-0.39, 0.29) is 5.91 Å². The molecule has 2 rings (SSSR count). The van der Waals surface area contributed by atoms with Gasteiger partial charge < -0.3 is 11.1 Å². The van der Waals surface area contributed by atoms with Crippen LogP contribution < -0.4 is 11.1 Å². The highest BCUT2D eigenvalue weighted by Crippen LogP contribution is 2.17. The van der Waals surface area contributed by atoms with Crippen molar-refractivity contribution < 1.29 is 4.79 Å². The van der Waals surface area contributed by atoms with Crippen LogP contribution in [0.25, 0.3) is 0 Å². The van der Waals surface area contributed by atoms with Crippen LogP contribution in [-0.2, 0) is 6.54 Å². The average Bonchev–Trinajstić information content (AvgIpc) is 2.75. The number of nitrogen functional groups attached to an aromatic ring is 1. The first-order valence-corrected chi connectivity index (χ1v) is 7.19. The molecule has 1 aromatic carbocycles. The summed E-state index contributed by atoms with van der Waals surface area (Å²) in [6, 6.07) is 6.90. The van der Waals surface area contributed by atoms with Gasteiger partial charge in [0.25, 0.3) is 5.91 Å². The summed E-state index contributed by atoms with van der Waals surface area (Å²) in [5, 5.41) is 7.72. The van der Waals surface area contributed by atoms with Crippen molar-refractivity contribution in [1.82, 2.24) is 15.1 Å². The topological polar surface area (TPSA) is 72.9 Å². The largest absolute Gasteiger partial charge is 0.398 e. The van der Waals surface area contributed by atoms with Crippen molar-refractivity contribution in [3.8, 4) is 0 Å². The number of nitrogens with two attached hydrogens (primary N) is 1. The van der Waals surface area contributed by atoms with Gasteiger partial charge in [-0.25, -0.2) is 0 Å². The van der Waals surface area contributed by atoms with Crippen molar-refractivity contribution in [3.63, 3.8) is 0 Å². The highest BCUT2D eigenvalue weighted by Gasteiger charge is 2.09. The molecular formula is C15H19ClN4O. The van der Waals surface area contributed by atoms with Gasteiger partial charge >= 0.3 is 0 Å². The van der Waals surface area contributed by atoms with Crippen LogP contribution in [-0.4, -0.2) is 22.2 Å². The van der Waals surface area contributed by atoms with Gasteiger partial charge in [-0.2, -0.15) is 5.10 Å². The fourth-order valence-corrected chi connectivity index (χ4v) is 2.32. The molecular weight excluding hydrogens is 288 g/mol. The molecule has 2 aromatic rings. The van der Waals surface area contributed by atoms with Gasteiger partial charge in [0.1, 0.15) is 0 Å². The smallest absolute Gasteiger partial charge is 0.253 e. The quantitative estimate of drug-likeness (QED) is 0.658. The highest BCUT2D eigenvalue weighted by atomic mass is 35.5. The number of rotatable bonds is 5. The Labute approximate surface area is 129 Å². The van der Waals surface area contributed by atoms with Crippen LogP contribution in [0.15, 0.2) is 24.3 Å². The lowest BCUT2D eigenvalue weighted by molar-refractivity contribution is 0.0953. The van der Waals surface area contributed by atoms with E-state index in [1.807, 2.05) is 24.6 Å². The van der Waals surface area contributed by atoms with E-state index in [1.54, 1.807) is 18.2 Å². The number of hydrogen-bond acceptors (Lipinski definition) is 3. The standard InChI is InChI=1S/C15H19ClN4O/c1-10-8-11(2)20(19-10)7-3-6-18-15(21)13-9-12(16)4-5-14(13)17/h4-5,8-9H,3,6-7,17H2,1-2H3,(H,18,21). The minimum absolute atomic E-state index is 0.205. The van der Waals surface area contributed by atoms with Crippen molar-refractivity contribution in [1.29, 1.82) is 0 Å². The van der Waals surface area contributed by atoms with Gasteiger partial charge in [-0.1, -0.05) is 11.6 Å². The number of anilines is 1. The van der Waals surface area contributed by atoms with E-state index in [2.05, 4.69) is 10.4 Å². The average molecular weight is 307 g/mol. The minimum atomic E-state index is -0.205. The summed E-state index contributed by atoms with van der Waals surface area (Å²) in [4.78, 5) is 12.0. The van der Waals surface area contributed by atoms with Crippen molar-refractivity contribution in [2.45, 2.75) is 26.8 Å². The number of nitrogens with zero attached hydrogens (tertiary/aromatic N) is 2. The third kappa shape index (κ3) is 3.98. The summed E-state index contributed by atoms with van der Waals surface area (Å²) < 4.78 is 1.94. The number of amides is 1. The third-order valence-electron chi connectivity index (χ3n) is 3.20. The maximum absolute atomic E-state index is 12.0. The van der Waals surface area contributed by atoms with E-state index in [4.69, 9.17) is 17.3 Å². The number of carbonyl (C=O) groups excluding carboxylic acids is 1. The van der Waals surface area contributed by atoms with Crippen LogP contribution in [0.1, 0.15) is 28.2 Å². The number of nitrogens with one attached hydrogen (secondary N) is 1. The first-order chi connectivity index (χ1) is 9.97. The lowest BCUT2D eigenvalue weighted by atomic mass is 10.1. The number of benzene rings is 1. The van der Waals surface area contributed by atoms with Crippen LogP contribution in [0.3, 0.4) is 0 Å². The van der Waals surface area contributed by atoms with Gasteiger partial charge in [0.2, 0.25) is 0 Å². The normalized spacial score (nSPS) is 10.6. The highest BCUT2D eigenvalue weighted by molar-refractivity contribution is 6.31. The number of carbonyl (C=O) groups is 1. The van der Waals surface area contributed by atoms with Crippen LogP contribution in [0, 0.1) is 13.8 Å². The Morgan fingerprint density at radius 2 is 2.14 bits per heavy atom. The zero-order valence-electron chi connectivity index (χ0n) is 12.2. The van der Waals surface area contributed by atoms with Crippen LogP contribution in [0.2, 0.25) is 5.02 Å². The van der Waals surface area contributed by atoms with E-state index in [9.17, 15) is 4.79 Å². The van der Waals surface area contributed by atoms with Crippen molar-refractivity contribution >= 4 is 23.2 Å². The van der Waals surface area contributed by atoms with Crippen LogP contribution in [0.4, 0.5) is 5.69 Å². The molecule has 0 radical (unpaired) electrons. The van der Waals surface area contributed by atoms with Gasteiger partial charge in [-0.3, -0.25) is 9.48 Å². The maximum Gasteiger partial charge on any atom is 0.253 e. The van der Waals surface area contributed by atoms with Crippen LogP contribution in [0.5, 0.6) is 0 Å². The fourth-order valence-electron chi connectivity index (χ4n) is 2.15. The third-order valence-corrected chi connectivity index (χ3v) is 3.43. The molecule has 0 bridgehead atoms. The summed E-state index contributed by atoms with van der Waals surface area (Å²) in [5.74, 6) is -0.205. The molecule has 5 nitrogen and oxygen atoms in total. The number of halogens is 1.